The third-order valence-electron chi connectivity index (χ3n) is 3.33. The van der Waals surface area contributed by atoms with Crippen molar-refractivity contribution in [3.05, 3.63) is 0 Å². The third-order valence-corrected chi connectivity index (χ3v) is 3.33. The second kappa shape index (κ2) is 4.37. The summed E-state index contributed by atoms with van der Waals surface area (Å²) in [5.74, 6) is 0.527. The van der Waals surface area contributed by atoms with Gasteiger partial charge in [0.05, 0.1) is 6.10 Å². The van der Waals surface area contributed by atoms with Crippen molar-refractivity contribution >= 4 is 6.09 Å². The number of aliphatic hydroxyl groups excluding tert-OH is 1. The van der Waals surface area contributed by atoms with Crippen LogP contribution >= 0.6 is 0 Å². The quantitative estimate of drug-likeness (QED) is 0.697. The molecule has 15 heavy (non-hydrogen) atoms. The molecule has 0 radical (unpaired) electrons. The van der Waals surface area contributed by atoms with E-state index < -0.39 is 6.09 Å². The monoisotopic (exact) mass is 214 g/mol. The van der Waals surface area contributed by atoms with Crippen LogP contribution in [-0.2, 0) is 0 Å². The molecule has 2 N–H and O–H groups in total. The van der Waals surface area contributed by atoms with E-state index >= 15 is 0 Å². The molecular formula is C10H18N2O3. The Morgan fingerprint density at radius 3 is 2.60 bits per heavy atom. The summed E-state index contributed by atoms with van der Waals surface area (Å²) in [6.07, 6.45) is 0.979. The van der Waals surface area contributed by atoms with Crippen LogP contribution in [0.5, 0.6) is 0 Å². The molecule has 5 heteroatoms. The molecule has 0 aromatic rings. The van der Waals surface area contributed by atoms with Gasteiger partial charge in [0, 0.05) is 26.2 Å². The fourth-order valence-electron chi connectivity index (χ4n) is 2.29. The van der Waals surface area contributed by atoms with Crippen LogP contribution in [0.3, 0.4) is 0 Å². The van der Waals surface area contributed by atoms with Crippen LogP contribution in [-0.4, -0.2) is 64.9 Å². The predicted molar refractivity (Wildman–Crippen MR) is 54.8 cm³/mol. The van der Waals surface area contributed by atoms with E-state index in [1.807, 2.05) is 0 Å². The van der Waals surface area contributed by atoms with Gasteiger partial charge in [-0.3, -0.25) is 0 Å². The first-order chi connectivity index (χ1) is 7.15. The van der Waals surface area contributed by atoms with E-state index in [0.717, 1.165) is 32.5 Å². The van der Waals surface area contributed by atoms with Crippen molar-refractivity contribution in [2.45, 2.75) is 18.9 Å². The smallest absolute Gasteiger partial charge is 0.407 e. The first-order valence-corrected chi connectivity index (χ1v) is 5.53. The van der Waals surface area contributed by atoms with Crippen molar-refractivity contribution in [1.82, 2.24) is 9.80 Å². The largest absolute Gasteiger partial charge is 0.465 e. The van der Waals surface area contributed by atoms with Gasteiger partial charge in [0.1, 0.15) is 0 Å². The van der Waals surface area contributed by atoms with Crippen molar-refractivity contribution in [3.8, 4) is 0 Å². The third kappa shape index (κ3) is 2.60. The van der Waals surface area contributed by atoms with Gasteiger partial charge in [0.25, 0.3) is 0 Å². The molecule has 1 amide bonds. The maximum absolute atomic E-state index is 10.5. The second-order valence-electron chi connectivity index (χ2n) is 4.59. The first-order valence-electron chi connectivity index (χ1n) is 5.53. The molecule has 0 aromatic heterocycles. The topological polar surface area (TPSA) is 64.0 Å². The second-order valence-corrected chi connectivity index (χ2v) is 4.59. The van der Waals surface area contributed by atoms with E-state index in [1.165, 1.54) is 4.90 Å². The number of likely N-dealkylation sites (tertiary alicyclic amines) is 2. The number of carbonyl (C=O) groups is 1. The number of rotatable bonds is 3. The van der Waals surface area contributed by atoms with Gasteiger partial charge in [-0.1, -0.05) is 0 Å². The number of nitrogens with zero attached hydrogens (tertiary/aromatic N) is 2. The molecule has 0 aromatic carbocycles. The highest BCUT2D eigenvalue weighted by Gasteiger charge is 2.31. The molecule has 2 heterocycles. The van der Waals surface area contributed by atoms with Gasteiger partial charge in [-0.15, -0.1) is 0 Å². The minimum absolute atomic E-state index is 0.151. The Labute approximate surface area is 89.3 Å². The number of hydrogen-bond donors (Lipinski definition) is 2. The van der Waals surface area contributed by atoms with Crippen molar-refractivity contribution in [3.63, 3.8) is 0 Å². The molecule has 0 aliphatic carbocycles. The Balaban J connectivity index is 1.58. The molecule has 1 atom stereocenters. The van der Waals surface area contributed by atoms with Crippen LogP contribution in [0, 0.1) is 5.92 Å². The number of hydrogen-bond acceptors (Lipinski definition) is 3. The average Bonchev–Trinajstić information content (AvgIpc) is 2.48. The lowest BCUT2D eigenvalue weighted by molar-refractivity contribution is 0.0732. The molecule has 0 spiro atoms. The minimum Gasteiger partial charge on any atom is -0.465 e. The summed E-state index contributed by atoms with van der Waals surface area (Å²) in [6.45, 7) is 4.14. The Morgan fingerprint density at radius 2 is 2.07 bits per heavy atom. The number of β-amino-alcohol motifs (C(OH)–C–C–N with tert-alkyl or cyclic N) is 1. The SMILES string of the molecule is O=C(O)N1CC(CCN2CC[C@H](O)C2)C1. The molecule has 2 rings (SSSR count). The van der Waals surface area contributed by atoms with Crippen LogP contribution in [0.15, 0.2) is 0 Å². The molecule has 0 saturated carbocycles. The molecular weight excluding hydrogens is 196 g/mol. The zero-order valence-electron chi connectivity index (χ0n) is 8.80. The summed E-state index contributed by atoms with van der Waals surface area (Å²) in [6, 6.07) is 0. The van der Waals surface area contributed by atoms with Crippen molar-refractivity contribution in [2.24, 2.45) is 5.92 Å². The van der Waals surface area contributed by atoms with E-state index in [0.29, 0.717) is 19.0 Å². The van der Waals surface area contributed by atoms with Gasteiger partial charge >= 0.3 is 6.09 Å². The van der Waals surface area contributed by atoms with Crippen LogP contribution in [0.25, 0.3) is 0 Å². The van der Waals surface area contributed by atoms with Crippen LogP contribution < -0.4 is 0 Å². The summed E-state index contributed by atoms with van der Waals surface area (Å²) >= 11 is 0. The van der Waals surface area contributed by atoms with Gasteiger partial charge in [0.15, 0.2) is 0 Å². The van der Waals surface area contributed by atoms with Crippen LogP contribution in [0.4, 0.5) is 4.79 Å². The van der Waals surface area contributed by atoms with Gasteiger partial charge in [-0.05, 0) is 25.3 Å². The van der Waals surface area contributed by atoms with Crippen molar-refractivity contribution in [1.29, 1.82) is 0 Å². The molecule has 2 aliphatic rings. The Morgan fingerprint density at radius 1 is 1.33 bits per heavy atom. The lowest BCUT2D eigenvalue weighted by Crippen LogP contribution is -2.50. The first kappa shape index (κ1) is 10.7. The van der Waals surface area contributed by atoms with Crippen molar-refractivity contribution < 1.29 is 15.0 Å². The molecule has 2 saturated heterocycles. The Hall–Kier alpha value is -0.810. The van der Waals surface area contributed by atoms with Crippen LogP contribution in [0.2, 0.25) is 0 Å². The predicted octanol–water partition coefficient (Wildman–Crippen LogP) is 0.0529. The normalized spacial score (nSPS) is 28.1. The summed E-state index contributed by atoms with van der Waals surface area (Å²) in [7, 11) is 0. The fourth-order valence-corrected chi connectivity index (χ4v) is 2.29. The number of carboxylic acid groups (broad SMARTS) is 1. The van der Waals surface area contributed by atoms with Crippen LogP contribution in [0.1, 0.15) is 12.8 Å². The maximum atomic E-state index is 10.5. The molecule has 0 bridgehead atoms. The summed E-state index contributed by atoms with van der Waals surface area (Å²) in [5, 5.41) is 18.0. The van der Waals surface area contributed by atoms with Gasteiger partial charge in [0.2, 0.25) is 0 Å². The zero-order chi connectivity index (χ0) is 10.8. The van der Waals surface area contributed by atoms with E-state index in [9.17, 15) is 9.90 Å². The van der Waals surface area contributed by atoms with Gasteiger partial charge in [-0.2, -0.15) is 0 Å². The standard InChI is InChI=1S/C10H18N2O3/c13-9-2-4-11(7-9)3-1-8-5-12(6-8)10(14)15/h8-9,13H,1-7H2,(H,14,15)/t9-/m0/s1. The fraction of sp³-hybridized carbons (Fsp3) is 0.900. The van der Waals surface area contributed by atoms with E-state index in [1.54, 1.807) is 0 Å². The Kier molecular flexibility index (Phi) is 3.11. The highest BCUT2D eigenvalue weighted by Crippen LogP contribution is 2.20. The van der Waals surface area contributed by atoms with Crippen molar-refractivity contribution in [2.75, 3.05) is 32.7 Å². The number of aliphatic hydroxyl groups is 1. The molecule has 2 aliphatic heterocycles. The minimum atomic E-state index is -0.803. The Bertz CT molecular complexity index is 241. The lowest BCUT2D eigenvalue weighted by atomic mass is 9.97. The van der Waals surface area contributed by atoms with Gasteiger partial charge in [-0.25, -0.2) is 4.79 Å². The molecule has 0 unspecified atom stereocenters. The van der Waals surface area contributed by atoms with E-state index in [2.05, 4.69) is 4.90 Å². The maximum Gasteiger partial charge on any atom is 0.407 e. The van der Waals surface area contributed by atoms with E-state index in [4.69, 9.17) is 5.11 Å². The highest BCUT2D eigenvalue weighted by molar-refractivity contribution is 5.65. The molecule has 2 fully saturated rings. The summed E-state index contributed by atoms with van der Waals surface area (Å²) in [4.78, 5) is 14.2. The zero-order valence-corrected chi connectivity index (χ0v) is 8.80. The average molecular weight is 214 g/mol. The van der Waals surface area contributed by atoms with Gasteiger partial charge < -0.3 is 20.0 Å². The number of amides is 1. The summed E-state index contributed by atoms with van der Waals surface area (Å²) in [5.41, 5.74) is 0. The lowest BCUT2D eigenvalue weighted by Gasteiger charge is -2.37. The molecule has 86 valence electrons. The van der Waals surface area contributed by atoms with E-state index in [-0.39, 0.29) is 6.10 Å². The highest BCUT2D eigenvalue weighted by atomic mass is 16.4. The summed E-state index contributed by atoms with van der Waals surface area (Å²) < 4.78 is 0. The molecule has 5 nitrogen and oxygen atoms in total.